The molecule has 0 aromatic carbocycles. The number of nitrogens with two attached hydrogens (primary N) is 1. The van der Waals surface area contributed by atoms with Gasteiger partial charge in [0.2, 0.25) is 11.8 Å². The van der Waals surface area contributed by atoms with Gasteiger partial charge in [-0.2, -0.15) is 0 Å². The Hall–Kier alpha value is -1.14. The van der Waals surface area contributed by atoms with Gasteiger partial charge in [-0.05, 0) is 12.8 Å². The van der Waals surface area contributed by atoms with Crippen molar-refractivity contribution < 1.29 is 9.59 Å². The number of piperazine rings is 1. The molecular weight excluding hydrogens is 256 g/mol. The molecule has 1 aliphatic carbocycles. The van der Waals surface area contributed by atoms with Crippen molar-refractivity contribution in [3.8, 4) is 0 Å². The average molecular weight is 282 g/mol. The number of carbonyl (C=O) groups is 2. The van der Waals surface area contributed by atoms with Crippen molar-refractivity contribution in [3.63, 3.8) is 0 Å². The van der Waals surface area contributed by atoms with Crippen molar-refractivity contribution >= 4 is 11.8 Å². The lowest BCUT2D eigenvalue weighted by Crippen LogP contribution is -2.60. The Morgan fingerprint density at radius 2 is 1.70 bits per heavy atom. The predicted octanol–water partition coefficient (Wildman–Crippen LogP) is -0.462. The summed E-state index contributed by atoms with van der Waals surface area (Å²) < 4.78 is 0. The third-order valence-electron chi connectivity index (χ3n) is 4.48. The minimum atomic E-state index is -0.638. The van der Waals surface area contributed by atoms with E-state index in [1.165, 1.54) is 6.42 Å². The standard InChI is InChI=1S/C14H26N4O2/c1-16-12(19)11-17-7-9-18(10-8-17)13(20)14(15)5-3-2-4-6-14/h2-11,15H2,1H3,(H,16,19). The summed E-state index contributed by atoms with van der Waals surface area (Å²) in [7, 11) is 1.64. The highest BCUT2D eigenvalue weighted by Gasteiger charge is 2.39. The van der Waals surface area contributed by atoms with E-state index >= 15 is 0 Å². The summed E-state index contributed by atoms with van der Waals surface area (Å²) in [6, 6.07) is 0. The maximum Gasteiger partial charge on any atom is 0.242 e. The van der Waals surface area contributed by atoms with Gasteiger partial charge in [0.15, 0.2) is 0 Å². The van der Waals surface area contributed by atoms with Crippen LogP contribution < -0.4 is 11.1 Å². The first-order chi connectivity index (χ1) is 9.55. The van der Waals surface area contributed by atoms with Crippen LogP contribution in [0.5, 0.6) is 0 Å². The molecule has 2 aliphatic rings. The van der Waals surface area contributed by atoms with Crippen molar-refractivity contribution in [2.45, 2.75) is 37.6 Å². The Kier molecular flexibility index (Phi) is 4.99. The van der Waals surface area contributed by atoms with Gasteiger partial charge in [0.25, 0.3) is 0 Å². The lowest BCUT2D eigenvalue weighted by Gasteiger charge is -2.40. The Morgan fingerprint density at radius 3 is 2.25 bits per heavy atom. The van der Waals surface area contributed by atoms with Gasteiger partial charge in [-0.25, -0.2) is 0 Å². The molecule has 1 aliphatic heterocycles. The Labute approximate surface area is 120 Å². The maximum atomic E-state index is 12.6. The second-order valence-corrected chi connectivity index (χ2v) is 5.96. The maximum absolute atomic E-state index is 12.6. The molecule has 3 N–H and O–H groups in total. The highest BCUT2D eigenvalue weighted by Crippen LogP contribution is 2.28. The Morgan fingerprint density at radius 1 is 1.10 bits per heavy atom. The summed E-state index contributed by atoms with van der Waals surface area (Å²) in [5, 5.41) is 2.62. The number of hydrogen-bond donors (Lipinski definition) is 2. The van der Waals surface area contributed by atoms with Gasteiger partial charge < -0.3 is 16.0 Å². The molecule has 1 saturated heterocycles. The Bertz CT molecular complexity index is 358. The van der Waals surface area contributed by atoms with E-state index in [0.29, 0.717) is 19.6 Å². The van der Waals surface area contributed by atoms with Crippen LogP contribution >= 0.6 is 0 Å². The van der Waals surface area contributed by atoms with Crippen LogP contribution in [0.2, 0.25) is 0 Å². The number of hydrogen-bond acceptors (Lipinski definition) is 4. The molecule has 2 rings (SSSR count). The first-order valence-electron chi connectivity index (χ1n) is 7.56. The predicted molar refractivity (Wildman–Crippen MR) is 77.1 cm³/mol. The van der Waals surface area contributed by atoms with E-state index in [1.807, 2.05) is 4.90 Å². The fourth-order valence-corrected chi connectivity index (χ4v) is 3.10. The molecule has 6 heteroatoms. The van der Waals surface area contributed by atoms with Gasteiger partial charge in [0.1, 0.15) is 0 Å². The molecule has 0 aromatic rings. The van der Waals surface area contributed by atoms with Crippen LogP contribution in [-0.2, 0) is 9.59 Å². The van der Waals surface area contributed by atoms with E-state index in [4.69, 9.17) is 5.73 Å². The first-order valence-corrected chi connectivity index (χ1v) is 7.56. The molecule has 0 atom stereocenters. The van der Waals surface area contributed by atoms with Crippen LogP contribution in [0.3, 0.4) is 0 Å². The summed E-state index contributed by atoms with van der Waals surface area (Å²) in [5.74, 6) is 0.129. The molecule has 1 saturated carbocycles. The smallest absolute Gasteiger partial charge is 0.242 e. The van der Waals surface area contributed by atoms with Gasteiger partial charge in [0.05, 0.1) is 12.1 Å². The molecule has 114 valence electrons. The Balaban J connectivity index is 1.84. The second-order valence-electron chi connectivity index (χ2n) is 5.96. The number of likely N-dealkylation sites (N-methyl/N-ethyl adjacent to an activating group) is 1. The zero-order valence-corrected chi connectivity index (χ0v) is 12.4. The fraction of sp³-hybridized carbons (Fsp3) is 0.857. The van der Waals surface area contributed by atoms with Crippen molar-refractivity contribution in [1.29, 1.82) is 0 Å². The van der Waals surface area contributed by atoms with Crippen molar-refractivity contribution in [2.75, 3.05) is 39.8 Å². The van der Waals surface area contributed by atoms with Gasteiger partial charge in [-0.3, -0.25) is 14.5 Å². The molecule has 2 fully saturated rings. The largest absolute Gasteiger partial charge is 0.358 e. The summed E-state index contributed by atoms with van der Waals surface area (Å²) >= 11 is 0. The second kappa shape index (κ2) is 6.54. The highest BCUT2D eigenvalue weighted by molar-refractivity contribution is 5.86. The van der Waals surface area contributed by atoms with E-state index < -0.39 is 5.54 Å². The summed E-state index contributed by atoms with van der Waals surface area (Å²) in [5.41, 5.74) is 5.66. The molecule has 1 heterocycles. The van der Waals surface area contributed by atoms with Gasteiger partial charge >= 0.3 is 0 Å². The summed E-state index contributed by atoms with van der Waals surface area (Å²) in [4.78, 5) is 27.9. The topological polar surface area (TPSA) is 78.7 Å². The molecule has 0 bridgehead atoms. The van der Waals surface area contributed by atoms with Crippen LogP contribution in [0.1, 0.15) is 32.1 Å². The lowest BCUT2D eigenvalue weighted by atomic mass is 9.81. The zero-order valence-electron chi connectivity index (χ0n) is 12.4. The minimum absolute atomic E-state index is 0.0207. The van der Waals surface area contributed by atoms with Crippen molar-refractivity contribution in [2.24, 2.45) is 5.73 Å². The molecule has 0 radical (unpaired) electrons. The van der Waals surface area contributed by atoms with Crippen LogP contribution in [0.25, 0.3) is 0 Å². The normalized spacial score (nSPS) is 23.4. The number of amides is 2. The average Bonchev–Trinajstić information content (AvgIpc) is 2.48. The monoisotopic (exact) mass is 282 g/mol. The van der Waals surface area contributed by atoms with Gasteiger partial charge in [0, 0.05) is 33.2 Å². The lowest BCUT2D eigenvalue weighted by molar-refractivity contribution is -0.140. The van der Waals surface area contributed by atoms with E-state index in [1.54, 1.807) is 7.05 Å². The number of nitrogens with zero attached hydrogens (tertiary/aromatic N) is 2. The van der Waals surface area contributed by atoms with E-state index in [2.05, 4.69) is 10.2 Å². The SMILES string of the molecule is CNC(=O)CN1CCN(C(=O)C2(N)CCCCC2)CC1. The van der Waals surface area contributed by atoms with Crippen LogP contribution in [0, 0.1) is 0 Å². The van der Waals surface area contributed by atoms with Gasteiger partial charge in [-0.15, -0.1) is 0 Å². The van der Waals surface area contributed by atoms with Crippen molar-refractivity contribution in [1.82, 2.24) is 15.1 Å². The third-order valence-corrected chi connectivity index (χ3v) is 4.48. The minimum Gasteiger partial charge on any atom is -0.358 e. The summed E-state index contributed by atoms with van der Waals surface area (Å²) in [6.45, 7) is 3.25. The van der Waals surface area contributed by atoms with Gasteiger partial charge in [-0.1, -0.05) is 19.3 Å². The molecule has 6 nitrogen and oxygen atoms in total. The number of carbonyl (C=O) groups excluding carboxylic acids is 2. The van der Waals surface area contributed by atoms with Crippen LogP contribution in [-0.4, -0.2) is 66.9 Å². The quantitative estimate of drug-likeness (QED) is 0.734. The van der Waals surface area contributed by atoms with Crippen LogP contribution in [0.4, 0.5) is 0 Å². The molecular formula is C14H26N4O2. The van der Waals surface area contributed by atoms with Crippen molar-refractivity contribution in [3.05, 3.63) is 0 Å². The number of rotatable bonds is 3. The van der Waals surface area contributed by atoms with E-state index in [9.17, 15) is 9.59 Å². The van der Waals surface area contributed by atoms with Crippen LogP contribution in [0.15, 0.2) is 0 Å². The molecule has 0 unspecified atom stereocenters. The molecule has 0 aromatic heterocycles. The van der Waals surface area contributed by atoms with E-state index in [-0.39, 0.29) is 11.8 Å². The number of nitrogens with one attached hydrogen (secondary N) is 1. The molecule has 0 spiro atoms. The van der Waals surface area contributed by atoms with E-state index in [0.717, 1.165) is 38.8 Å². The zero-order chi connectivity index (χ0) is 14.6. The third kappa shape index (κ3) is 3.49. The molecule has 2 amide bonds. The summed E-state index contributed by atoms with van der Waals surface area (Å²) in [6.07, 6.45) is 4.92. The highest BCUT2D eigenvalue weighted by atomic mass is 16.2. The first kappa shape index (κ1) is 15.3. The molecule has 20 heavy (non-hydrogen) atoms. The fourth-order valence-electron chi connectivity index (χ4n) is 3.10.